The monoisotopic (exact) mass is 515 g/mol. The van der Waals surface area contributed by atoms with Gasteiger partial charge in [0.1, 0.15) is 17.1 Å². The fraction of sp³-hybridized carbons (Fsp3) is 0.444. The molecule has 0 radical (unpaired) electrons. The van der Waals surface area contributed by atoms with Crippen LogP contribution in [-0.2, 0) is 9.59 Å². The third-order valence-corrected chi connectivity index (χ3v) is 7.62. The van der Waals surface area contributed by atoms with Crippen LogP contribution < -0.4 is 10.1 Å². The molecule has 0 saturated carbocycles. The van der Waals surface area contributed by atoms with Crippen molar-refractivity contribution in [3.8, 4) is 5.75 Å². The number of hydrogen-bond donors (Lipinski definition) is 1. The van der Waals surface area contributed by atoms with Gasteiger partial charge >= 0.3 is 6.09 Å². The van der Waals surface area contributed by atoms with Crippen molar-refractivity contribution in [3.63, 3.8) is 0 Å². The Balaban J connectivity index is 1.70. The molecular formula is C27H31ClFN3O4. The van der Waals surface area contributed by atoms with Gasteiger partial charge < -0.3 is 15.0 Å². The van der Waals surface area contributed by atoms with Crippen LogP contribution in [0.2, 0.25) is 5.02 Å². The van der Waals surface area contributed by atoms with Crippen molar-refractivity contribution >= 4 is 29.4 Å². The molecule has 0 aliphatic carbocycles. The molecule has 0 aromatic heterocycles. The van der Waals surface area contributed by atoms with Gasteiger partial charge in [-0.3, -0.25) is 14.5 Å². The van der Waals surface area contributed by atoms with Crippen LogP contribution in [0.25, 0.3) is 0 Å². The number of likely N-dealkylation sites (N-methyl/N-ethyl adjacent to an activating group) is 1. The molecule has 36 heavy (non-hydrogen) atoms. The first-order valence-electron chi connectivity index (χ1n) is 12.3. The summed E-state index contributed by atoms with van der Waals surface area (Å²) in [5.41, 5.74) is -0.296. The van der Waals surface area contributed by atoms with Crippen LogP contribution in [0.3, 0.4) is 0 Å². The lowest BCUT2D eigenvalue weighted by Gasteiger charge is -2.45. The zero-order chi connectivity index (χ0) is 25.9. The van der Waals surface area contributed by atoms with E-state index in [0.717, 1.165) is 5.56 Å². The predicted molar refractivity (Wildman–Crippen MR) is 135 cm³/mol. The van der Waals surface area contributed by atoms with Crippen molar-refractivity contribution in [1.29, 1.82) is 0 Å². The number of nitrogens with one attached hydrogen (secondary N) is 1. The van der Waals surface area contributed by atoms with E-state index in [0.29, 0.717) is 37.5 Å². The van der Waals surface area contributed by atoms with Gasteiger partial charge in [-0.1, -0.05) is 23.7 Å². The third-order valence-electron chi connectivity index (χ3n) is 7.37. The zero-order valence-corrected chi connectivity index (χ0v) is 21.3. The number of carbonyl (C=O) groups excluding carboxylic acids is 3. The molecule has 2 heterocycles. The highest BCUT2D eigenvalue weighted by molar-refractivity contribution is 6.30. The first-order chi connectivity index (χ1) is 17.3. The van der Waals surface area contributed by atoms with E-state index >= 15 is 0 Å². The molecule has 0 unspecified atom stereocenters. The van der Waals surface area contributed by atoms with E-state index in [1.54, 1.807) is 17.0 Å². The quantitative estimate of drug-likeness (QED) is 0.622. The van der Waals surface area contributed by atoms with E-state index in [1.807, 2.05) is 19.1 Å². The maximum Gasteiger partial charge on any atom is 0.416 e. The molecule has 1 N–H and O–H groups in total. The Hall–Kier alpha value is -2.97. The summed E-state index contributed by atoms with van der Waals surface area (Å²) in [7, 11) is 0. The number of ketones is 1. The molecule has 2 aliphatic rings. The number of benzene rings is 2. The topological polar surface area (TPSA) is 79.0 Å². The molecule has 0 spiro atoms. The largest absolute Gasteiger partial charge is 0.416 e. The van der Waals surface area contributed by atoms with Crippen molar-refractivity contribution in [3.05, 3.63) is 64.9 Å². The number of amides is 2. The summed E-state index contributed by atoms with van der Waals surface area (Å²) in [6.07, 6.45) is 0.414. The van der Waals surface area contributed by atoms with Gasteiger partial charge in [0.25, 0.3) is 0 Å². The molecule has 2 aromatic carbocycles. The van der Waals surface area contributed by atoms with Crippen LogP contribution in [-0.4, -0.2) is 65.8 Å². The summed E-state index contributed by atoms with van der Waals surface area (Å²) in [6.45, 7) is 5.38. The summed E-state index contributed by atoms with van der Waals surface area (Å²) in [6, 6.07) is 12.5. The molecule has 2 saturated heterocycles. The molecule has 2 amide bonds. The summed E-state index contributed by atoms with van der Waals surface area (Å²) >= 11 is 6.13. The van der Waals surface area contributed by atoms with Crippen LogP contribution in [0.15, 0.2) is 48.5 Å². The second-order valence-electron chi connectivity index (χ2n) is 9.37. The summed E-state index contributed by atoms with van der Waals surface area (Å²) in [5.74, 6) is -0.902. The fourth-order valence-electron chi connectivity index (χ4n) is 5.51. The van der Waals surface area contributed by atoms with E-state index in [2.05, 4.69) is 5.32 Å². The van der Waals surface area contributed by atoms with E-state index in [9.17, 15) is 18.8 Å². The number of piperidine rings is 1. The average Bonchev–Trinajstić information content (AvgIpc) is 3.31. The second-order valence-corrected chi connectivity index (χ2v) is 9.81. The number of nitrogens with zero attached hydrogens (tertiary/aromatic N) is 2. The van der Waals surface area contributed by atoms with Crippen LogP contribution >= 0.6 is 11.6 Å². The molecule has 9 heteroatoms. The van der Waals surface area contributed by atoms with Crippen molar-refractivity contribution in [2.75, 3.05) is 32.7 Å². The van der Waals surface area contributed by atoms with E-state index in [-0.39, 0.29) is 42.4 Å². The number of halogens is 2. The molecule has 4 rings (SSSR count). The summed E-state index contributed by atoms with van der Waals surface area (Å²) in [4.78, 5) is 43.0. The minimum Gasteiger partial charge on any atom is -0.410 e. The van der Waals surface area contributed by atoms with Gasteiger partial charge in [-0.25, -0.2) is 9.18 Å². The average molecular weight is 516 g/mol. The third kappa shape index (κ3) is 5.11. The number of likely N-dealkylation sites (tertiary alicyclic amines) is 1. The van der Waals surface area contributed by atoms with E-state index < -0.39 is 17.4 Å². The van der Waals surface area contributed by atoms with Gasteiger partial charge in [0, 0.05) is 56.5 Å². The Labute approximate surface area is 215 Å². The fourth-order valence-corrected chi connectivity index (χ4v) is 5.63. The molecule has 192 valence electrons. The van der Waals surface area contributed by atoms with Crippen molar-refractivity contribution < 1.29 is 23.5 Å². The molecule has 0 bridgehead atoms. The highest BCUT2D eigenvalue weighted by atomic mass is 35.5. The second kappa shape index (κ2) is 11.0. The first kappa shape index (κ1) is 26.1. The smallest absolute Gasteiger partial charge is 0.410 e. The molecule has 2 atom stereocenters. The SMILES string of the molecule is CCN(C(=O)Oc1ccc(F)cc1)[C@]1(C(=O)C2CCN(C(C)=O)CC2)CNC[C@H]1c1ccc(Cl)cc1. The predicted octanol–water partition coefficient (Wildman–Crippen LogP) is 4.25. The molecule has 2 aromatic rings. The minimum atomic E-state index is -1.19. The van der Waals surface area contributed by atoms with Gasteiger partial charge in [0.15, 0.2) is 5.78 Å². The van der Waals surface area contributed by atoms with E-state index in [4.69, 9.17) is 16.3 Å². The number of rotatable bonds is 6. The minimum absolute atomic E-state index is 0.00440. The lowest BCUT2D eigenvalue weighted by Crippen LogP contribution is -2.64. The Bertz CT molecular complexity index is 1100. The van der Waals surface area contributed by atoms with Gasteiger partial charge in [-0.15, -0.1) is 0 Å². The van der Waals surface area contributed by atoms with Crippen LogP contribution in [0, 0.1) is 11.7 Å². The van der Waals surface area contributed by atoms with Crippen LogP contribution in [0.4, 0.5) is 9.18 Å². The number of hydrogen-bond acceptors (Lipinski definition) is 5. The van der Waals surface area contributed by atoms with Gasteiger partial charge in [-0.05, 0) is 61.7 Å². The van der Waals surface area contributed by atoms with E-state index in [1.165, 1.54) is 36.1 Å². The summed E-state index contributed by atoms with van der Waals surface area (Å²) in [5, 5.41) is 3.93. The molecule has 7 nitrogen and oxygen atoms in total. The summed E-state index contributed by atoms with van der Waals surface area (Å²) < 4.78 is 19.0. The van der Waals surface area contributed by atoms with Gasteiger partial charge in [-0.2, -0.15) is 0 Å². The van der Waals surface area contributed by atoms with Gasteiger partial charge in [0.2, 0.25) is 5.91 Å². The molecular weight excluding hydrogens is 485 g/mol. The highest BCUT2D eigenvalue weighted by Crippen LogP contribution is 2.41. The Kier molecular flexibility index (Phi) is 7.95. The number of Topliss-reactive ketones (excluding diaryl/α,β-unsaturated/α-hetero) is 1. The van der Waals surface area contributed by atoms with Crippen molar-refractivity contribution in [1.82, 2.24) is 15.1 Å². The van der Waals surface area contributed by atoms with Crippen LogP contribution in [0.5, 0.6) is 5.75 Å². The Morgan fingerprint density at radius 2 is 1.75 bits per heavy atom. The number of ether oxygens (including phenoxy) is 1. The maximum absolute atomic E-state index is 14.4. The van der Waals surface area contributed by atoms with Gasteiger partial charge in [0.05, 0.1) is 0 Å². The molecule has 2 fully saturated rings. The Morgan fingerprint density at radius 1 is 1.11 bits per heavy atom. The zero-order valence-electron chi connectivity index (χ0n) is 20.5. The molecule has 2 aliphatic heterocycles. The van der Waals surface area contributed by atoms with Crippen molar-refractivity contribution in [2.45, 2.75) is 38.1 Å². The Morgan fingerprint density at radius 3 is 2.33 bits per heavy atom. The van der Waals surface area contributed by atoms with Crippen LogP contribution in [0.1, 0.15) is 38.2 Å². The lowest BCUT2D eigenvalue weighted by molar-refractivity contribution is -0.138. The number of carbonyl (C=O) groups is 3. The highest BCUT2D eigenvalue weighted by Gasteiger charge is 2.57. The normalized spacial score (nSPS) is 22.3. The van der Waals surface area contributed by atoms with Crippen molar-refractivity contribution in [2.24, 2.45) is 5.92 Å². The first-order valence-corrected chi connectivity index (χ1v) is 12.6. The maximum atomic E-state index is 14.4. The standard InChI is InChI=1S/C27H31ClFN3O4/c1-3-32(26(35)36-23-10-8-22(29)9-11-23)27(25(34)20-12-14-31(15-13-20)18(2)33)17-30-16-24(27)19-4-6-21(28)7-5-19/h4-11,20,24,30H,3,12-17H2,1-2H3/t24-,27+/m0/s1. The lowest BCUT2D eigenvalue weighted by atomic mass is 9.71.